The topological polar surface area (TPSA) is 55.7 Å². The summed E-state index contributed by atoms with van der Waals surface area (Å²) in [7, 11) is 0. The second kappa shape index (κ2) is 5.66. The van der Waals surface area contributed by atoms with E-state index in [2.05, 4.69) is 12.2 Å². The number of epoxide rings is 1. The first-order chi connectivity index (χ1) is 10.2. The summed E-state index contributed by atoms with van der Waals surface area (Å²) in [6.45, 7) is 1.27. The molecule has 0 spiro atoms. The van der Waals surface area contributed by atoms with Crippen LogP contribution in [0.1, 0.15) is 18.9 Å². The van der Waals surface area contributed by atoms with Gasteiger partial charge in [-0.25, -0.2) is 4.79 Å². The molecule has 3 rings (SSSR count). The van der Waals surface area contributed by atoms with Crippen molar-refractivity contribution in [1.82, 2.24) is 0 Å². The molecule has 108 valence electrons. The number of hydrogen-bond acceptors (Lipinski definition) is 3. The maximum atomic E-state index is 12.2. The van der Waals surface area contributed by atoms with Gasteiger partial charge in [0.25, 0.3) is 0 Å². The fourth-order valence-corrected chi connectivity index (χ4v) is 2.69. The van der Waals surface area contributed by atoms with E-state index in [1.165, 1.54) is 6.92 Å². The van der Waals surface area contributed by atoms with Crippen LogP contribution in [0.15, 0.2) is 54.6 Å². The Balaban J connectivity index is 1.89. The summed E-state index contributed by atoms with van der Waals surface area (Å²) in [5, 5.41) is 12.2. The van der Waals surface area contributed by atoms with Crippen LogP contribution < -0.4 is 0 Å². The Labute approximate surface area is 123 Å². The monoisotopic (exact) mass is 283 g/mol. The number of hydroxylamine groups is 1. The molecule has 1 saturated heterocycles. The van der Waals surface area contributed by atoms with E-state index in [4.69, 9.17) is 4.74 Å². The van der Waals surface area contributed by atoms with E-state index in [1.54, 1.807) is 0 Å². The van der Waals surface area contributed by atoms with Gasteiger partial charge in [0.05, 0.1) is 6.92 Å². The van der Waals surface area contributed by atoms with Gasteiger partial charge in [0.15, 0.2) is 6.10 Å². The zero-order valence-electron chi connectivity index (χ0n) is 11.8. The average Bonchev–Trinajstić information content (AvgIpc) is 3.29. The highest BCUT2D eigenvalue weighted by atomic mass is 16.6. The molecule has 1 amide bonds. The van der Waals surface area contributed by atoms with Crippen molar-refractivity contribution in [3.8, 4) is 0 Å². The smallest absolute Gasteiger partial charge is 0.395 e. The fraction of sp³-hybridized carbons (Fsp3) is 0.294. The van der Waals surface area contributed by atoms with E-state index < -0.39 is 5.91 Å². The fourth-order valence-electron chi connectivity index (χ4n) is 2.69. The molecule has 4 nitrogen and oxygen atoms in total. The number of nitrogens with zero attached hydrogens (tertiary/aromatic N) is 1. The van der Waals surface area contributed by atoms with E-state index in [-0.39, 0.29) is 18.1 Å². The van der Waals surface area contributed by atoms with Gasteiger partial charge in [0.1, 0.15) is 6.10 Å². The van der Waals surface area contributed by atoms with Crippen molar-refractivity contribution in [1.29, 1.82) is 0 Å². The molecule has 0 N–H and O–H groups in total. The predicted molar refractivity (Wildman–Crippen MR) is 79.9 cm³/mol. The Morgan fingerprint density at radius 1 is 1.29 bits per heavy atom. The van der Waals surface area contributed by atoms with E-state index in [1.807, 2.05) is 42.5 Å². The van der Waals surface area contributed by atoms with Crippen molar-refractivity contribution >= 4 is 11.6 Å². The van der Waals surface area contributed by atoms with Crippen LogP contribution in [0.3, 0.4) is 0 Å². The highest BCUT2D eigenvalue weighted by molar-refractivity contribution is 6.04. The molecule has 1 aromatic rings. The minimum atomic E-state index is -0.526. The number of rotatable bonds is 3. The second-order valence-electron chi connectivity index (χ2n) is 5.30. The molecule has 2 unspecified atom stereocenters. The predicted octanol–water partition coefficient (Wildman–Crippen LogP) is 2.43. The van der Waals surface area contributed by atoms with Gasteiger partial charge in [-0.1, -0.05) is 42.5 Å². The number of benzene rings is 1. The Kier molecular flexibility index (Phi) is 3.71. The number of ether oxygens (including phenoxy) is 1. The molecule has 4 heteroatoms. The summed E-state index contributed by atoms with van der Waals surface area (Å²) in [6.07, 6.45) is 8.74. The standard InChI is InChI=1S/C17H17NO3/c1-12(19)18(20)15(13-8-4-2-5-9-13)17-16(21-17)14-10-6-3-7-11-14/h2-10,14,16-17H,11H2,1H3/b18-15+/t14?,16?,17-/m0/s1. The molecule has 1 heterocycles. The Hall–Kier alpha value is -2.20. The third-order valence-electron chi connectivity index (χ3n) is 3.81. The molecule has 0 saturated carbocycles. The second-order valence-corrected chi connectivity index (χ2v) is 5.30. The van der Waals surface area contributed by atoms with Crippen LogP contribution in [0.2, 0.25) is 0 Å². The lowest BCUT2D eigenvalue weighted by molar-refractivity contribution is -0.380. The van der Waals surface area contributed by atoms with Crippen molar-refractivity contribution < 1.29 is 14.3 Å². The lowest BCUT2D eigenvalue weighted by atomic mass is 9.93. The first-order valence-electron chi connectivity index (χ1n) is 7.07. The third kappa shape index (κ3) is 2.81. The normalized spacial score (nSPS) is 28.1. The maximum absolute atomic E-state index is 12.2. The van der Waals surface area contributed by atoms with E-state index in [0.717, 1.165) is 12.0 Å². The molecule has 1 aliphatic heterocycles. The first kappa shape index (κ1) is 13.8. The average molecular weight is 283 g/mol. The Morgan fingerprint density at radius 2 is 2.05 bits per heavy atom. The Morgan fingerprint density at radius 3 is 2.67 bits per heavy atom. The molecule has 0 bridgehead atoms. The van der Waals surface area contributed by atoms with Crippen molar-refractivity contribution in [2.45, 2.75) is 25.6 Å². The summed E-state index contributed by atoms with van der Waals surface area (Å²) >= 11 is 0. The van der Waals surface area contributed by atoms with Crippen molar-refractivity contribution in [3.63, 3.8) is 0 Å². The van der Waals surface area contributed by atoms with E-state index in [0.29, 0.717) is 10.5 Å². The van der Waals surface area contributed by atoms with Gasteiger partial charge >= 0.3 is 5.91 Å². The molecule has 1 aliphatic carbocycles. The molecule has 1 fully saturated rings. The van der Waals surface area contributed by atoms with Crippen LogP contribution >= 0.6 is 0 Å². The SMILES string of the molecule is CC(=O)/[N+]([O-])=C(/c1ccccc1)[C@@H]1OC1C1C=CC=CC1. The summed E-state index contributed by atoms with van der Waals surface area (Å²) in [5.41, 5.74) is 1.15. The zero-order valence-corrected chi connectivity index (χ0v) is 11.8. The van der Waals surface area contributed by atoms with Gasteiger partial charge in [0.2, 0.25) is 5.71 Å². The number of amides is 1. The quantitative estimate of drug-likeness (QED) is 0.281. The molecule has 1 aromatic carbocycles. The molecular weight excluding hydrogens is 266 g/mol. The van der Waals surface area contributed by atoms with Gasteiger partial charge in [-0.05, 0) is 18.6 Å². The summed E-state index contributed by atoms with van der Waals surface area (Å²) in [6, 6.07) is 9.24. The number of carbonyl (C=O) groups is 1. The van der Waals surface area contributed by atoms with Gasteiger partial charge in [-0.2, -0.15) is 0 Å². The van der Waals surface area contributed by atoms with Gasteiger partial charge in [-0.15, -0.1) is 4.74 Å². The van der Waals surface area contributed by atoms with Crippen molar-refractivity contribution in [2.24, 2.45) is 5.92 Å². The highest BCUT2D eigenvalue weighted by Gasteiger charge is 2.51. The van der Waals surface area contributed by atoms with Crippen LogP contribution in [0, 0.1) is 11.1 Å². The van der Waals surface area contributed by atoms with Gasteiger partial charge in [0, 0.05) is 11.5 Å². The lowest BCUT2D eigenvalue weighted by Gasteiger charge is -2.10. The first-order valence-corrected chi connectivity index (χ1v) is 7.07. The summed E-state index contributed by atoms with van der Waals surface area (Å²) in [4.78, 5) is 11.5. The molecule has 0 aromatic heterocycles. The van der Waals surface area contributed by atoms with Crippen LogP contribution in [0.25, 0.3) is 0 Å². The van der Waals surface area contributed by atoms with Crippen LogP contribution in [-0.4, -0.2) is 28.6 Å². The van der Waals surface area contributed by atoms with Crippen molar-refractivity contribution in [3.05, 3.63) is 65.4 Å². The summed E-state index contributed by atoms with van der Waals surface area (Å²) in [5.74, 6) is -0.263. The molecular formula is C17H17NO3. The lowest BCUT2D eigenvalue weighted by Crippen LogP contribution is -2.28. The number of hydrogen-bond donors (Lipinski definition) is 0. The number of carbonyl (C=O) groups excluding carboxylic acids is 1. The van der Waals surface area contributed by atoms with Crippen LogP contribution in [-0.2, 0) is 9.53 Å². The minimum Gasteiger partial charge on any atom is -0.616 e. The maximum Gasteiger partial charge on any atom is 0.395 e. The molecule has 3 atom stereocenters. The third-order valence-corrected chi connectivity index (χ3v) is 3.81. The van der Waals surface area contributed by atoms with Gasteiger partial charge < -0.3 is 9.94 Å². The largest absolute Gasteiger partial charge is 0.616 e. The van der Waals surface area contributed by atoms with Crippen molar-refractivity contribution in [2.75, 3.05) is 0 Å². The minimum absolute atomic E-state index is 0.0304. The molecule has 21 heavy (non-hydrogen) atoms. The van der Waals surface area contributed by atoms with Crippen LogP contribution in [0.5, 0.6) is 0 Å². The molecule has 0 radical (unpaired) electrons. The number of allylic oxidation sites excluding steroid dienone is 3. The van der Waals surface area contributed by atoms with Gasteiger partial charge in [-0.3, -0.25) is 0 Å². The zero-order chi connectivity index (χ0) is 14.8. The van der Waals surface area contributed by atoms with E-state index in [9.17, 15) is 10.0 Å². The van der Waals surface area contributed by atoms with Crippen LogP contribution in [0.4, 0.5) is 0 Å². The highest BCUT2D eigenvalue weighted by Crippen LogP contribution is 2.36. The summed E-state index contributed by atoms with van der Waals surface area (Å²) < 4.78 is 6.19. The van der Waals surface area contributed by atoms with E-state index >= 15 is 0 Å². The molecule has 2 aliphatic rings. The Bertz CT molecular complexity index is 631.